The van der Waals surface area contributed by atoms with E-state index in [9.17, 15) is 13.5 Å². The fourth-order valence-electron chi connectivity index (χ4n) is 4.57. The standard InChI is InChI=1S/C25H23N9O3S2/c35-17-4-7-19-20(14-17)31-22-21(19)23(29-15-28-22)33-10-12-34(13-11-33)25(38)30-16-2-5-18(6-3-16)39(36,37)32-24-26-8-1-9-27-24/h1-9,14-15,35H,10-13H2,(H,30,38)(H,26,27,32)(H,28,29,31)/p+1. The van der Waals surface area contributed by atoms with Gasteiger partial charge in [0, 0.05) is 29.5 Å². The van der Waals surface area contributed by atoms with E-state index in [1.54, 1.807) is 36.7 Å². The van der Waals surface area contributed by atoms with E-state index < -0.39 is 10.0 Å². The van der Waals surface area contributed by atoms with Crippen molar-refractivity contribution in [2.75, 3.05) is 41.1 Å². The second-order valence-electron chi connectivity index (χ2n) is 8.94. The quantitative estimate of drug-likeness (QED) is 0.235. The average molecular weight is 563 g/mol. The number of aromatic amines is 2. The third-order valence-corrected chi connectivity index (χ3v) is 8.19. The average Bonchev–Trinajstić information content (AvgIpc) is 3.31. The van der Waals surface area contributed by atoms with E-state index in [2.05, 4.69) is 44.8 Å². The summed E-state index contributed by atoms with van der Waals surface area (Å²) in [6.07, 6.45) is 4.59. The Kier molecular flexibility index (Phi) is 6.32. The first-order valence-corrected chi connectivity index (χ1v) is 14.0. The van der Waals surface area contributed by atoms with Crippen LogP contribution in [0.5, 0.6) is 5.75 Å². The van der Waals surface area contributed by atoms with E-state index >= 15 is 0 Å². The number of rotatable bonds is 5. The number of nitrogens with one attached hydrogen (secondary N) is 4. The predicted octanol–water partition coefficient (Wildman–Crippen LogP) is 2.35. The number of H-pyrrole nitrogens is 2. The van der Waals surface area contributed by atoms with Gasteiger partial charge in [-0.25, -0.2) is 28.1 Å². The Morgan fingerprint density at radius 3 is 2.51 bits per heavy atom. The van der Waals surface area contributed by atoms with Crippen molar-refractivity contribution in [3.8, 4) is 5.75 Å². The Labute approximate surface area is 228 Å². The minimum Gasteiger partial charge on any atom is -0.508 e. The number of anilines is 3. The van der Waals surface area contributed by atoms with Crippen LogP contribution in [0.15, 0.2) is 72.1 Å². The van der Waals surface area contributed by atoms with Gasteiger partial charge in [-0.1, -0.05) is 4.98 Å². The number of benzene rings is 2. The second-order valence-corrected chi connectivity index (χ2v) is 11.0. The first-order chi connectivity index (χ1) is 18.9. The number of fused-ring (bicyclic) bond motifs is 3. The lowest BCUT2D eigenvalue weighted by atomic mass is 10.2. The van der Waals surface area contributed by atoms with E-state index in [4.69, 9.17) is 12.2 Å². The summed E-state index contributed by atoms with van der Waals surface area (Å²) in [7, 11) is -3.81. The minimum atomic E-state index is -3.81. The SMILES string of the molecule is O=S(=O)(Nc1ncccn1)c1ccc(NC(=S)N2CCN(c3[nH+]cnc4[nH]c5cc(O)ccc5c34)CC2)cc1. The number of hydrogen-bond donors (Lipinski definition) is 4. The lowest BCUT2D eigenvalue weighted by molar-refractivity contribution is -0.367. The van der Waals surface area contributed by atoms with Gasteiger partial charge >= 0.3 is 0 Å². The third-order valence-electron chi connectivity index (χ3n) is 6.48. The largest absolute Gasteiger partial charge is 0.508 e. The topological polar surface area (TPSA) is 154 Å². The Balaban J connectivity index is 1.10. The van der Waals surface area contributed by atoms with Gasteiger partial charge in [-0.05, 0) is 54.7 Å². The molecular formula is C25H24N9O3S2+. The molecule has 5 aromatic rings. The molecule has 0 bridgehead atoms. The smallest absolute Gasteiger partial charge is 0.264 e. The molecule has 4 heterocycles. The molecule has 0 amide bonds. The van der Waals surface area contributed by atoms with E-state index in [0.29, 0.717) is 23.9 Å². The van der Waals surface area contributed by atoms with Crippen LogP contribution < -0.4 is 19.9 Å². The van der Waals surface area contributed by atoms with Gasteiger partial charge in [-0.2, -0.15) is 0 Å². The Bertz CT molecular complexity index is 1770. The lowest BCUT2D eigenvalue weighted by Crippen LogP contribution is -2.51. The molecule has 1 aliphatic rings. The number of hydrogen-bond acceptors (Lipinski definition) is 8. The molecule has 0 atom stereocenters. The van der Waals surface area contributed by atoms with Crippen LogP contribution in [0.4, 0.5) is 17.5 Å². The third kappa shape index (κ3) is 4.98. The van der Waals surface area contributed by atoms with Crippen LogP contribution in [0.25, 0.3) is 21.9 Å². The summed E-state index contributed by atoms with van der Waals surface area (Å²) in [5.41, 5.74) is 2.26. The molecule has 5 N–H and O–H groups in total. The van der Waals surface area contributed by atoms with Crippen molar-refractivity contribution in [3.05, 3.63) is 67.3 Å². The van der Waals surface area contributed by atoms with Gasteiger partial charge in [0.1, 0.15) is 11.1 Å². The van der Waals surface area contributed by atoms with Crippen LogP contribution in [-0.2, 0) is 10.0 Å². The summed E-state index contributed by atoms with van der Waals surface area (Å²) < 4.78 is 27.6. The zero-order valence-corrected chi connectivity index (χ0v) is 22.1. The first-order valence-electron chi connectivity index (χ1n) is 12.1. The molecule has 39 heavy (non-hydrogen) atoms. The van der Waals surface area contributed by atoms with Gasteiger partial charge in [-0.3, -0.25) is 4.90 Å². The number of aromatic hydroxyl groups is 1. The molecule has 0 unspecified atom stereocenters. The zero-order valence-electron chi connectivity index (χ0n) is 20.5. The van der Waals surface area contributed by atoms with Gasteiger partial charge in [0.25, 0.3) is 10.0 Å². The minimum absolute atomic E-state index is 0.00844. The van der Waals surface area contributed by atoms with E-state index in [0.717, 1.165) is 40.8 Å². The number of phenolic OH excluding ortho intramolecular Hbond substituents is 1. The molecule has 0 radical (unpaired) electrons. The summed E-state index contributed by atoms with van der Waals surface area (Å²) in [5.74, 6) is 1.17. The summed E-state index contributed by atoms with van der Waals surface area (Å²) in [5, 5.41) is 15.6. The molecule has 0 aliphatic carbocycles. The maximum absolute atomic E-state index is 12.6. The number of aromatic nitrogens is 5. The van der Waals surface area contributed by atoms with Crippen molar-refractivity contribution in [3.63, 3.8) is 0 Å². The van der Waals surface area contributed by atoms with E-state index in [-0.39, 0.29) is 16.6 Å². The van der Waals surface area contributed by atoms with Gasteiger partial charge in [0.2, 0.25) is 23.7 Å². The molecule has 2 aromatic carbocycles. The summed E-state index contributed by atoms with van der Waals surface area (Å²) in [6.45, 7) is 2.85. The van der Waals surface area contributed by atoms with Gasteiger partial charge < -0.3 is 20.3 Å². The molecule has 0 spiro atoms. The van der Waals surface area contributed by atoms with Crippen molar-refractivity contribution in [2.45, 2.75) is 4.90 Å². The number of sulfonamides is 1. The van der Waals surface area contributed by atoms with Crippen molar-refractivity contribution in [1.29, 1.82) is 0 Å². The number of thiocarbonyl (C=S) groups is 1. The van der Waals surface area contributed by atoms with Crippen LogP contribution in [0, 0.1) is 0 Å². The molecule has 6 rings (SSSR count). The highest BCUT2D eigenvalue weighted by Crippen LogP contribution is 2.31. The van der Waals surface area contributed by atoms with Gasteiger partial charge in [0.15, 0.2) is 5.11 Å². The molecule has 14 heteroatoms. The second kappa shape index (κ2) is 9.96. The molecule has 1 saturated heterocycles. The van der Waals surface area contributed by atoms with Crippen LogP contribution in [0.1, 0.15) is 0 Å². The Morgan fingerprint density at radius 2 is 1.77 bits per heavy atom. The Hall–Kier alpha value is -4.56. The molecule has 1 aliphatic heterocycles. The number of piperazine rings is 1. The van der Waals surface area contributed by atoms with Crippen LogP contribution >= 0.6 is 12.2 Å². The normalized spacial score (nSPS) is 14.1. The fourth-order valence-corrected chi connectivity index (χ4v) is 5.83. The lowest BCUT2D eigenvalue weighted by Gasteiger charge is -2.34. The number of phenols is 1. The Morgan fingerprint density at radius 1 is 1.03 bits per heavy atom. The van der Waals surface area contributed by atoms with Crippen molar-refractivity contribution in [1.82, 2.24) is 24.8 Å². The molecule has 0 saturated carbocycles. The van der Waals surface area contributed by atoms with Crippen LogP contribution in [0.3, 0.4) is 0 Å². The summed E-state index contributed by atoms with van der Waals surface area (Å²) >= 11 is 5.65. The van der Waals surface area contributed by atoms with Crippen molar-refractivity contribution in [2.24, 2.45) is 0 Å². The van der Waals surface area contributed by atoms with Crippen molar-refractivity contribution >= 4 is 66.7 Å². The molecule has 12 nitrogen and oxygen atoms in total. The highest BCUT2D eigenvalue weighted by atomic mass is 32.2. The highest BCUT2D eigenvalue weighted by molar-refractivity contribution is 7.92. The van der Waals surface area contributed by atoms with Crippen molar-refractivity contribution < 1.29 is 18.5 Å². The molecule has 198 valence electrons. The molecular weight excluding hydrogens is 538 g/mol. The molecule has 1 fully saturated rings. The first kappa shape index (κ1) is 24.8. The van der Waals surface area contributed by atoms with Crippen LogP contribution in [-0.4, -0.2) is 69.7 Å². The maximum Gasteiger partial charge on any atom is 0.264 e. The van der Waals surface area contributed by atoms with Crippen LogP contribution in [0.2, 0.25) is 0 Å². The van der Waals surface area contributed by atoms with Gasteiger partial charge in [-0.15, -0.1) is 0 Å². The van der Waals surface area contributed by atoms with Gasteiger partial charge in [0.05, 0.1) is 36.6 Å². The summed E-state index contributed by atoms with van der Waals surface area (Å²) in [6, 6.07) is 13.2. The number of nitrogens with zero attached hydrogens (tertiary/aromatic N) is 5. The monoisotopic (exact) mass is 562 g/mol. The predicted molar refractivity (Wildman–Crippen MR) is 151 cm³/mol. The fraction of sp³-hybridized carbons (Fsp3) is 0.160. The molecule has 3 aromatic heterocycles. The zero-order chi connectivity index (χ0) is 27.0. The summed E-state index contributed by atoms with van der Waals surface area (Å²) in [4.78, 5) is 23.2. The maximum atomic E-state index is 12.6. The van der Waals surface area contributed by atoms with E-state index in [1.807, 2.05) is 6.07 Å². The van der Waals surface area contributed by atoms with E-state index in [1.165, 1.54) is 24.5 Å². The highest BCUT2D eigenvalue weighted by Gasteiger charge is 2.27.